The molecule has 14 heavy (non-hydrogen) atoms. The largest absolute Gasteiger partial charge is 0.380 e. The van der Waals surface area contributed by atoms with Crippen molar-refractivity contribution in [2.75, 3.05) is 26.4 Å². The van der Waals surface area contributed by atoms with Crippen molar-refractivity contribution in [1.82, 2.24) is 5.32 Å². The molecule has 0 aliphatic carbocycles. The maximum Gasteiger partial charge on any atom is 0.0616 e. The third-order valence-electron chi connectivity index (χ3n) is 2.83. The van der Waals surface area contributed by atoms with E-state index in [9.17, 15) is 0 Å². The van der Waals surface area contributed by atoms with E-state index in [1.54, 1.807) is 0 Å². The molecule has 0 aromatic heterocycles. The van der Waals surface area contributed by atoms with Crippen molar-refractivity contribution in [3.8, 4) is 0 Å². The van der Waals surface area contributed by atoms with Crippen LogP contribution in [-0.4, -0.2) is 38.5 Å². The molecule has 3 heteroatoms. The Morgan fingerprint density at radius 3 is 2.93 bits per heavy atom. The van der Waals surface area contributed by atoms with Crippen LogP contribution in [0.15, 0.2) is 0 Å². The van der Waals surface area contributed by atoms with Crippen molar-refractivity contribution >= 4 is 0 Å². The summed E-state index contributed by atoms with van der Waals surface area (Å²) >= 11 is 0. The number of hydrogen-bond acceptors (Lipinski definition) is 3. The summed E-state index contributed by atoms with van der Waals surface area (Å²) in [5.41, 5.74) is 0. The molecule has 0 aromatic carbocycles. The van der Waals surface area contributed by atoms with Crippen molar-refractivity contribution in [1.29, 1.82) is 0 Å². The Kier molecular flexibility index (Phi) is 5.45. The molecule has 0 radical (unpaired) electrons. The Morgan fingerprint density at radius 2 is 2.36 bits per heavy atom. The fourth-order valence-electron chi connectivity index (χ4n) is 1.75. The van der Waals surface area contributed by atoms with Gasteiger partial charge in [0.2, 0.25) is 0 Å². The molecule has 0 spiro atoms. The van der Waals surface area contributed by atoms with Gasteiger partial charge in [-0.1, -0.05) is 0 Å². The lowest BCUT2D eigenvalue weighted by Crippen LogP contribution is -2.36. The average Bonchev–Trinajstić information content (AvgIpc) is 2.58. The Balaban J connectivity index is 2.07. The van der Waals surface area contributed by atoms with Crippen LogP contribution in [0.1, 0.15) is 27.2 Å². The Morgan fingerprint density at radius 1 is 1.57 bits per heavy atom. The normalized spacial score (nSPS) is 29.4. The molecule has 1 rings (SSSR count). The van der Waals surface area contributed by atoms with Crippen LogP contribution in [0.2, 0.25) is 0 Å². The monoisotopic (exact) mass is 201 g/mol. The lowest BCUT2D eigenvalue weighted by Gasteiger charge is -2.18. The summed E-state index contributed by atoms with van der Waals surface area (Å²) in [4.78, 5) is 0. The van der Waals surface area contributed by atoms with Gasteiger partial charge in [0, 0.05) is 25.8 Å². The summed E-state index contributed by atoms with van der Waals surface area (Å²) in [6, 6.07) is 0.447. The highest BCUT2D eigenvalue weighted by Crippen LogP contribution is 2.19. The minimum Gasteiger partial charge on any atom is -0.380 e. The molecule has 3 nitrogen and oxygen atoms in total. The molecule has 3 atom stereocenters. The van der Waals surface area contributed by atoms with Gasteiger partial charge in [0.05, 0.1) is 12.7 Å². The third kappa shape index (κ3) is 3.95. The second-order valence-corrected chi connectivity index (χ2v) is 4.09. The highest BCUT2D eigenvalue weighted by Gasteiger charge is 2.23. The van der Waals surface area contributed by atoms with E-state index in [2.05, 4.69) is 19.2 Å². The number of nitrogens with one attached hydrogen (secondary N) is 1. The minimum atomic E-state index is 0.418. The first-order valence-corrected chi connectivity index (χ1v) is 5.66. The molecule has 1 saturated heterocycles. The molecule has 1 heterocycles. The van der Waals surface area contributed by atoms with Gasteiger partial charge in [-0.15, -0.1) is 0 Å². The van der Waals surface area contributed by atoms with Crippen molar-refractivity contribution in [3.63, 3.8) is 0 Å². The standard InChI is InChI=1S/C11H23NO2/c1-4-13-8-9(2)12-7-11-5-6-14-10(11)3/h9-12H,4-8H2,1-3H3. The fourth-order valence-corrected chi connectivity index (χ4v) is 1.75. The van der Waals surface area contributed by atoms with Crippen LogP contribution in [0.25, 0.3) is 0 Å². The van der Waals surface area contributed by atoms with Crippen LogP contribution in [0.4, 0.5) is 0 Å². The lowest BCUT2D eigenvalue weighted by molar-refractivity contribution is 0.0996. The SMILES string of the molecule is CCOCC(C)NCC1CCOC1C. The third-order valence-corrected chi connectivity index (χ3v) is 2.83. The highest BCUT2D eigenvalue weighted by molar-refractivity contribution is 4.75. The second-order valence-electron chi connectivity index (χ2n) is 4.09. The molecular formula is C11H23NO2. The zero-order chi connectivity index (χ0) is 10.4. The molecular weight excluding hydrogens is 178 g/mol. The van der Waals surface area contributed by atoms with E-state index in [1.807, 2.05) is 6.92 Å². The van der Waals surface area contributed by atoms with Crippen molar-refractivity contribution in [2.24, 2.45) is 5.92 Å². The maximum absolute atomic E-state index is 5.51. The smallest absolute Gasteiger partial charge is 0.0616 e. The van der Waals surface area contributed by atoms with Gasteiger partial charge in [-0.25, -0.2) is 0 Å². The van der Waals surface area contributed by atoms with Crippen molar-refractivity contribution < 1.29 is 9.47 Å². The van der Waals surface area contributed by atoms with E-state index >= 15 is 0 Å². The molecule has 0 saturated carbocycles. The fraction of sp³-hybridized carbons (Fsp3) is 1.00. The van der Waals surface area contributed by atoms with E-state index < -0.39 is 0 Å². The van der Waals surface area contributed by atoms with Crippen LogP contribution >= 0.6 is 0 Å². The van der Waals surface area contributed by atoms with Gasteiger partial charge in [0.25, 0.3) is 0 Å². The molecule has 0 bridgehead atoms. The van der Waals surface area contributed by atoms with Crippen LogP contribution in [0.3, 0.4) is 0 Å². The number of ether oxygens (including phenoxy) is 2. The molecule has 1 aliphatic rings. The van der Waals surface area contributed by atoms with Crippen LogP contribution in [0, 0.1) is 5.92 Å². The maximum atomic E-state index is 5.51. The summed E-state index contributed by atoms with van der Waals surface area (Å²) in [5.74, 6) is 0.680. The number of hydrogen-bond donors (Lipinski definition) is 1. The molecule has 1 N–H and O–H groups in total. The van der Waals surface area contributed by atoms with E-state index in [-0.39, 0.29) is 0 Å². The van der Waals surface area contributed by atoms with Gasteiger partial charge in [-0.05, 0) is 33.1 Å². The van der Waals surface area contributed by atoms with Gasteiger partial charge < -0.3 is 14.8 Å². The zero-order valence-corrected chi connectivity index (χ0v) is 9.58. The first-order valence-electron chi connectivity index (χ1n) is 5.66. The predicted octanol–water partition coefficient (Wildman–Crippen LogP) is 1.43. The molecule has 84 valence electrons. The molecule has 1 fully saturated rings. The van der Waals surface area contributed by atoms with Gasteiger partial charge >= 0.3 is 0 Å². The van der Waals surface area contributed by atoms with Gasteiger partial charge in [-0.3, -0.25) is 0 Å². The summed E-state index contributed by atoms with van der Waals surface area (Å²) < 4.78 is 10.9. The second kappa shape index (κ2) is 6.38. The Hall–Kier alpha value is -0.120. The molecule has 0 aromatic rings. The van der Waals surface area contributed by atoms with Crippen molar-refractivity contribution in [3.05, 3.63) is 0 Å². The van der Waals surface area contributed by atoms with E-state index in [0.717, 1.165) is 26.4 Å². The first kappa shape index (κ1) is 12.0. The zero-order valence-electron chi connectivity index (χ0n) is 9.58. The van der Waals surface area contributed by atoms with Crippen LogP contribution < -0.4 is 5.32 Å². The Labute approximate surface area is 87.2 Å². The van der Waals surface area contributed by atoms with Crippen LogP contribution in [0.5, 0.6) is 0 Å². The highest BCUT2D eigenvalue weighted by atomic mass is 16.5. The average molecular weight is 201 g/mol. The quantitative estimate of drug-likeness (QED) is 0.705. The number of rotatable bonds is 6. The topological polar surface area (TPSA) is 30.5 Å². The van der Waals surface area contributed by atoms with E-state index in [0.29, 0.717) is 18.1 Å². The van der Waals surface area contributed by atoms with Gasteiger partial charge in [0.1, 0.15) is 0 Å². The molecule has 3 unspecified atom stereocenters. The van der Waals surface area contributed by atoms with Gasteiger partial charge in [0.15, 0.2) is 0 Å². The summed E-state index contributed by atoms with van der Waals surface area (Å²) in [5, 5.41) is 3.48. The summed E-state index contributed by atoms with van der Waals surface area (Å²) in [6.07, 6.45) is 1.61. The summed E-state index contributed by atoms with van der Waals surface area (Å²) in [7, 11) is 0. The first-order chi connectivity index (χ1) is 6.74. The van der Waals surface area contributed by atoms with Crippen LogP contribution in [-0.2, 0) is 9.47 Å². The van der Waals surface area contributed by atoms with E-state index in [1.165, 1.54) is 6.42 Å². The summed E-state index contributed by atoms with van der Waals surface area (Å²) in [6.45, 7) is 9.93. The molecule has 0 amide bonds. The van der Waals surface area contributed by atoms with E-state index in [4.69, 9.17) is 9.47 Å². The molecule has 1 aliphatic heterocycles. The Bertz CT molecular complexity index is 152. The van der Waals surface area contributed by atoms with Crippen molar-refractivity contribution in [2.45, 2.75) is 39.3 Å². The predicted molar refractivity (Wildman–Crippen MR) is 57.5 cm³/mol. The minimum absolute atomic E-state index is 0.418. The van der Waals surface area contributed by atoms with Gasteiger partial charge in [-0.2, -0.15) is 0 Å². The lowest BCUT2D eigenvalue weighted by atomic mass is 10.0.